The van der Waals surface area contributed by atoms with Crippen LogP contribution in [0, 0.1) is 5.92 Å². The van der Waals surface area contributed by atoms with Crippen molar-refractivity contribution in [1.82, 2.24) is 0 Å². The standard InChI is InChI=1S/C11H13ClO/c12-11-3-1-2-9-6-8(7-13)4-5-10(9)11/h1-3,8,13H,4-7H2. The van der Waals surface area contributed by atoms with E-state index >= 15 is 0 Å². The van der Waals surface area contributed by atoms with E-state index in [1.165, 1.54) is 11.1 Å². The van der Waals surface area contributed by atoms with Gasteiger partial charge in [0.05, 0.1) is 0 Å². The first-order valence-corrected chi connectivity index (χ1v) is 5.06. The van der Waals surface area contributed by atoms with Gasteiger partial charge in [-0.25, -0.2) is 0 Å². The first-order valence-electron chi connectivity index (χ1n) is 4.68. The van der Waals surface area contributed by atoms with E-state index in [0.29, 0.717) is 12.5 Å². The van der Waals surface area contributed by atoms with Crippen molar-refractivity contribution < 1.29 is 5.11 Å². The number of benzene rings is 1. The van der Waals surface area contributed by atoms with Crippen LogP contribution in [0.25, 0.3) is 0 Å². The highest BCUT2D eigenvalue weighted by atomic mass is 35.5. The average molecular weight is 197 g/mol. The van der Waals surface area contributed by atoms with Crippen molar-refractivity contribution in [2.75, 3.05) is 6.61 Å². The Kier molecular flexibility index (Phi) is 2.56. The summed E-state index contributed by atoms with van der Waals surface area (Å²) in [6.45, 7) is 0.298. The molecule has 0 aromatic heterocycles. The van der Waals surface area contributed by atoms with Crippen LogP contribution < -0.4 is 0 Å². The van der Waals surface area contributed by atoms with Crippen LogP contribution in [0.2, 0.25) is 5.02 Å². The molecule has 70 valence electrons. The summed E-state index contributed by atoms with van der Waals surface area (Å²) >= 11 is 6.07. The third kappa shape index (κ3) is 1.72. The highest BCUT2D eigenvalue weighted by Crippen LogP contribution is 2.30. The lowest BCUT2D eigenvalue weighted by molar-refractivity contribution is 0.213. The van der Waals surface area contributed by atoms with Gasteiger partial charge in [0.25, 0.3) is 0 Å². The Labute approximate surface area is 83.3 Å². The third-order valence-corrected chi connectivity index (χ3v) is 3.14. The Morgan fingerprint density at radius 2 is 2.31 bits per heavy atom. The Balaban J connectivity index is 2.31. The largest absolute Gasteiger partial charge is 0.396 e. The summed E-state index contributed by atoms with van der Waals surface area (Å²) in [5, 5.41) is 9.94. The predicted molar refractivity (Wildman–Crippen MR) is 54.1 cm³/mol. The van der Waals surface area contributed by atoms with Crippen molar-refractivity contribution >= 4 is 11.6 Å². The van der Waals surface area contributed by atoms with Gasteiger partial charge in [0.15, 0.2) is 0 Å². The molecule has 2 rings (SSSR count). The minimum atomic E-state index is 0.298. The summed E-state index contributed by atoms with van der Waals surface area (Å²) in [4.78, 5) is 0. The van der Waals surface area contributed by atoms with E-state index in [1.807, 2.05) is 12.1 Å². The molecule has 0 saturated carbocycles. The molecule has 0 heterocycles. The number of halogens is 1. The lowest BCUT2D eigenvalue weighted by Crippen LogP contribution is -2.17. The molecule has 0 spiro atoms. The summed E-state index contributed by atoms with van der Waals surface area (Å²) in [6.07, 6.45) is 3.06. The van der Waals surface area contributed by atoms with Crippen LogP contribution >= 0.6 is 11.6 Å². The number of aliphatic hydroxyl groups is 1. The summed E-state index contributed by atoms with van der Waals surface area (Å²) in [7, 11) is 0. The number of hydrogen-bond acceptors (Lipinski definition) is 1. The Bertz CT molecular complexity index is 309. The smallest absolute Gasteiger partial charge is 0.0462 e. The fraction of sp³-hybridized carbons (Fsp3) is 0.455. The van der Waals surface area contributed by atoms with Crippen molar-refractivity contribution in [3.05, 3.63) is 34.3 Å². The van der Waals surface area contributed by atoms with Gasteiger partial charge in [-0.15, -0.1) is 0 Å². The maximum absolute atomic E-state index is 9.05. The Hall–Kier alpha value is -0.530. The molecule has 1 atom stereocenters. The Morgan fingerprint density at radius 1 is 1.46 bits per heavy atom. The zero-order valence-corrected chi connectivity index (χ0v) is 8.22. The first kappa shape index (κ1) is 9.04. The van der Waals surface area contributed by atoms with E-state index in [1.54, 1.807) is 0 Å². The van der Waals surface area contributed by atoms with E-state index in [0.717, 1.165) is 24.3 Å². The van der Waals surface area contributed by atoms with Gasteiger partial charge in [-0.2, -0.15) is 0 Å². The van der Waals surface area contributed by atoms with Crippen molar-refractivity contribution in [2.24, 2.45) is 5.92 Å². The second-order valence-electron chi connectivity index (χ2n) is 3.67. The maximum atomic E-state index is 9.05. The van der Waals surface area contributed by atoms with Crippen LogP contribution in [0.4, 0.5) is 0 Å². The quantitative estimate of drug-likeness (QED) is 0.732. The SMILES string of the molecule is OCC1CCc2c(Cl)cccc2C1. The summed E-state index contributed by atoms with van der Waals surface area (Å²) in [5.41, 5.74) is 2.60. The highest BCUT2D eigenvalue weighted by Gasteiger charge is 2.19. The van der Waals surface area contributed by atoms with Crippen LogP contribution in [-0.4, -0.2) is 11.7 Å². The van der Waals surface area contributed by atoms with E-state index in [2.05, 4.69) is 6.07 Å². The number of aliphatic hydroxyl groups excluding tert-OH is 1. The second-order valence-corrected chi connectivity index (χ2v) is 4.08. The lowest BCUT2D eigenvalue weighted by atomic mass is 9.84. The number of rotatable bonds is 1. The normalized spacial score (nSPS) is 21.2. The van der Waals surface area contributed by atoms with Crippen LogP contribution in [0.3, 0.4) is 0 Å². The molecule has 0 amide bonds. The van der Waals surface area contributed by atoms with Gasteiger partial charge in [0, 0.05) is 11.6 Å². The molecule has 1 aliphatic rings. The van der Waals surface area contributed by atoms with Gasteiger partial charge in [0.1, 0.15) is 0 Å². The van der Waals surface area contributed by atoms with Gasteiger partial charge in [-0.1, -0.05) is 23.7 Å². The van der Waals surface area contributed by atoms with Crippen LogP contribution in [-0.2, 0) is 12.8 Å². The first-order chi connectivity index (χ1) is 6.31. The van der Waals surface area contributed by atoms with Crippen LogP contribution in [0.15, 0.2) is 18.2 Å². The van der Waals surface area contributed by atoms with Gasteiger partial charge in [-0.05, 0) is 42.4 Å². The zero-order chi connectivity index (χ0) is 9.26. The van der Waals surface area contributed by atoms with Gasteiger partial charge < -0.3 is 5.11 Å². The van der Waals surface area contributed by atoms with E-state index < -0.39 is 0 Å². The number of fused-ring (bicyclic) bond motifs is 1. The van der Waals surface area contributed by atoms with Crippen molar-refractivity contribution in [3.8, 4) is 0 Å². The van der Waals surface area contributed by atoms with Gasteiger partial charge >= 0.3 is 0 Å². The molecule has 1 aromatic carbocycles. The monoisotopic (exact) mass is 196 g/mol. The molecule has 0 bridgehead atoms. The number of hydrogen-bond donors (Lipinski definition) is 1. The average Bonchev–Trinajstić information content (AvgIpc) is 2.18. The minimum Gasteiger partial charge on any atom is -0.396 e. The predicted octanol–water partition coefficient (Wildman–Crippen LogP) is 2.44. The van der Waals surface area contributed by atoms with Gasteiger partial charge in [-0.3, -0.25) is 0 Å². The summed E-state index contributed by atoms with van der Waals surface area (Å²) in [5.74, 6) is 0.436. The second kappa shape index (κ2) is 3.69. The van der Waals surface area contributed by atoms with Crippen molar-refractivity contribution in [1.29, 1.82) is 0 Å². The molecule has 1 aliphatic carbocycles. The van der Waals surface area contributed by atoms with E-state index in [9.17, 15) is 0 Å². The molecule has 0 aliphatic heterocycles. The van der Waals surface area contributed by atoms with Crippen LogP contribution in [0.1, 0.15) is 17.5 Å². The fourth-order valence-corrected chi connectivity index (χ4v) is 2.28. The molecule has 2 heteroatoms. The van der Waals surface area contributed by atoms with E-state index in [4.69, 9.17) is 16.7 Å². The molecule has 1 unspecified atom stereocenters. The van der Waals surface area contributed by atoms with E-state index in [-0.39, 0.29) is 0 Å². The topological polar surface area (TPSA) is 20.2 Å². The van der Waals surface area contributed by atoms with Crippen LogP contribution in [0.5, 0.6) is 0 Å². The maximum Gasteiger partial charge on any atom is 0.0462 e. The molecular weight excluding hydrogens is 184 g/mol. The molecule has 0 saturated heterocycles. The third-order valence-electron chi connectivity index (χ3n) is 2.79. The Morgan fingerprint density at radius 3 is 3.08 bits per heavy atom. The minimum absolute atomic E-state index is 0.298. The molecule has 0 fully saturated rings. The molecule has 1 N–H and O–H groups in total. The highest BCUT2D eigenvalue weighted by molar-refractivity contribution is 6.31. The summed E-state index contributed by atoms with van der Waals surface area (Å²) in [6, 6.07) is 6.05. The van der Waals surface area contributed by atoms with Crippen molar-refractivity contribution in [3.63, 3.8) is 0 Å². The van der Waals surface area contributed by atoms with Crippen molar-refractivity contribution in [2.45, 2.75) is 19.3 Å². The molecule has 1 aromatic rings. The lowest BCUT2D eigenvalue weighted by Gasteiger charge is -2.23. The summed E-state index contributed by atoms with van der Waals surface area (Å²) < 4.78 is 0. The fourth-order valence-electron chi connectivity index (χ4n) is 1.99. The molecule has 0 radical (unpaired) electrons. The van der Waals surface area contributed by atoms with Gasteiger partial charge in [0.2, 0.25) is 0 Å². The molecule has 13 heavy (non-hydrogen) atoms. The zero-order valence-electron chi connectivity index (χ0n) is 7.46. The molecule has 1 nitrogen and oxygen atoms in total. The molecular formula is C11H13ClO.